The third kappa shape index (κ3) is 7.73. The average Bonchev–Trinajstić information content (AvgIpc) is 2.68. The molecule has 6 nitrogen and oxygen atoms in total. The van der Waals surface area contributed by atoms with Crippen LogP contribution in [-0.4, -0.2) is 62.3 Å². The summed E-state index contributed by atoms with van der Waals surface area (Å²) in [4.78, 5) is 14.2. The number of carbonyl (C=O) groups excluding carboxylic acids is 1. The summed E-state index contributed by atoms with van der Waals surface area (Å²) >= 11 is 0. The van der Waals surface area contributed by atoms with Crippen molar-refractivity contribution in [1.82, 2.24) is 14.5 Å². The number of rotatable bonds is 10. The monoisotopic (exact) mass is 407 g/mol. The standard InChI is InChI=1S/C21H33N3O3S/c1-3-4-6-9-19(2)22-21(25)18-23-13-15-24(16-14-23)28(26,27)17-12-20-10-7-5-8-11-20/h5,7-8,10-12,17,19H,3-4,6,9,13-16,18H2,1-2H3,(H,22,25)/b17-12+/t19-/m1/s1. The minimum absolute atomic E-state index is 0.0179. The van der Waals surface area contributed by atoms with Gasteiger partial charge in [0.15, 0.2) is 0 Å². The number of unbranched alkanes of at least 4 members (excludes halogenated alkanes) is 2. The van der Waals surface area contributed by atoms with E-state index in [1.54, 1.807) is 6.08 Å². The van der Waals surface area contributed by atoms with Crippen LogP contribution in [0.2, 0.25) is 0 Å². The first-order valence-electron chi connectivity index (χ1n) is 10.2. The Morgan fingerprint density at radius 1 is 1.14 bits per heavy atom. The minimum Gasteiger partial charge on any atom is -0.353 e. The fraction of sp³-hybridized carbons (Fsp3) is 0.571. The summed E-state index contributed by atoms with van der Waals surface area (Å²) in [6.07, 6.45) is 6.11. The van der Waals surface area contributed by atoms with Crippen LogP contribution in [0.4, 0.5) is 0 Å². The predicted octanol–water partition coefficient (Wildman–Crippen LogP) is 2.69. The Morgan fingerprint density at radius 2 is 1.82 bits per heavy atom. The maximum absolute atomic E-state index is 12.5. The van der Waals surface area contributed by atoms with Crippen molar-refractivity contribution < 1.29 is 13.2 Å². The van der Waals surface area contributed by atoms with Crippen LogP contribution in [0.5, 0.6) is 0 Å². The minimum atomic E-state index is -3.44. The van der Waals surface area contributed by atoms with E-state index in [1.807, 2.05) is 42.2 Å². The Bertz CT molecular complexity index is 727. The Labute approximate surface area is 169 Å². The molecule has 1 fully saturated rings. The molecule has 0 radical (unpaired) electrons. The highest BCUT2D eigenvalue weighted by Gasteiger charge is 2.26. The normalized spacial score (nSPS) is 17.6. The molecule has 2 rings (SSSR count). The van der Waals surface area contributed by atoms with Crippen molar-refractivity contribution in [2.45, 2.75) is 45.6 Å². The van der Waals surface area contributed by atoms with Crippen LogP contribution in [-0.2, 0) is 14.8 Å². The van der Waals surface area contributed by atoms with Gasteiger partial charge < -0.3 is 5.32 Å². The highest BCUT2D eigenvalue weighted by molar-refractivity contribution is 7.92. The van der Waals surface area contributed by atoms with E-state index >= 15 is 0 Å². The molecule has 7 heteroatoms. The number of amides is 1. The fourth-order valence-electron chi connectivity index (χ4n) is 3.25. The van der Waals surface area contributed by atoms with Gasteiger partial charge in [-0.25, -0.2) is 8.42 Å². The Morgan fingerprint density at radius 3 is 2.46 bits per heavy atom. The van der Waals surface area contributed by atoms with Crippen molar-refractivity contribution in [3.05, 3.63) is 41.3 Å². The first kappa shape index (κ1) is 22.6. The van der Waals surface area contributed by atoms with Crippen molar-refractivity contribution in [2.75, 3.05) is 32.7 Å². The molecule has 0 aliphatic carbocycles. The molecule has 0 bridgehead atoms. The van der Waals surface area contributed by atoms with Crippen molar-refractivity contribution in [3.8, 4) is 0 Å². The second-order valence-corrected chi connectivity index (χ2v) is 9.22. The van der Waals surface area contributed by atoms with Crippen LogP contribution in [0.3, 0.4) is 0 Å². The Balaban J connectivity index is 1.75. The van der Waals surface area contributed by atoms with Gasteiger partial charge in [0.05, 0.1) is 6.54 Å². The van der Waals surface area contributed by atoms with Gasteiger partial charge in [0, 0.05) is 37.6 Å². The van der Waals surface area contributed by atoms with Crippen molar-refractivity contribution in [2.24, 2.45) is 0 Å². The van der Waals surface area contributed by atoms with E-state index in [1.165, 1.54) is 22.6 Å². The average molecular weight is 408 g/mol. The van der Waals surface area contributed by atoms with E-state index in [-0.39, 0.29) is 11.9 Å². The van der Waals surface area contributed by atoms with Gasteiger partial charge in [-0.2, -0.15) is 4.31 Å². The lowest BCUT2D eigenvalue weighted by Crippen LogP contribution is -2.51. The van der Waals surface area contributed by atoms with Gasteiger partial charge in [0.2, 0.25) is 15.9 Å². The fourth-order valence-corrected chi connectivity index (χ4v) is 4.43. The first-order valence-corrected chi connectivity index (χ1v) is 11.7. The molecule has 1 aliphatic rings. The molecule has 1 N–H and O–H groups in total. The highest BCUT2D eigenvalue weighted by atomic mass is 32.2. The smallest absolute Gasteiger partial charge is 0.236 e. The van der Waals surface area contributed by atoms with Crippen LogP contribution >= 0.6 is 0 Å². The van der Waals surface area contributed by atoms with Crippen molar-refractivity contribution in [3.63, 3.8) is 0 Å². The lowest BCUT2D eigenvalue weighted by Gasteiger charge is -2.33. The lowest BCUT2D eigenvalue weighted by molar-refractivity contribution is -0.123. The molecule has 0 aromatic heterocycles. The number of hydrogen-bond donors (Lipinski definition) is 1. The molecule has 28 heavy (non-hydrogen) atoms. The summed E-state index contributed by atoms with van der Waals surface area (Å²) in [6, 6.07) is 9.57. The van der Waals surface area contributed by atoms with E-state index in [9.17, 15) is 13.2 Å². The molecule has 0 unspecified atom stereocenters. The van der Waals surface area contributed by atoms with Crippen molar-refractivity contribution in [1.29, 1.82) is 0 Å². The molecular weight excluding hydrogens is 374 g/mol. The first-order chi connectivity index (χ1) is 13.4. The Kier molecular flexibility index (Phi) is 9.15. The van der Waals surface area contributed by atoms with Gasteiger partial charge in [-0.15, -0.1) is 0 Å². The summed E-state index contributed by atoms with van der Waals surface area (Å²) in [5, 5.41) is 4.31. The number of hydrogen-bond acceptors (Lipinski definition) is 4. The lowest BCUT2D eigenvalue weighted by atomic mass is 10.1. The quantitative estimate of drug-likeness (QED) is 0.606. The molecule has 156 valence electrons. The second-order valence-electron chi connectivity index (χ2n) is 7.40. The number of carbonyl (C=O) groups is 1. The second kappa shape index (κ2) is 11.3. The van der Waals surface area contributed by atoms with Gasteiger partial charge in [0.1, 0.15) is 0 Å². The van der Waals surface area contributed by atoms with Gasteiger partial charge in [0.25, 0.3) is 0 Å². The van der Waals surface area contributed by atoms with E-state index in [4.69, 9.17) is 0 Å². The molecule has 1 heterocycles. The maximum Gasteiger partial charge on any atom is 0.236 e. The number of nitrogens with zero attached hydrogens (tertiary/aromatic N) is 2. The number of sulfonamides is 1. The molecule has 1 amide bonds. The van der Waals surface area contributed by atoms with E-state index < -0.39 is 10.0 Å². The molecule has 1 aliphatic heterocycles. The molecule has 0 saturated carbocycles. The zero-order chi connectivity index (χ0) is 20.4. The molecule has 1 aromatic carbocycles. The number of benzene rings is 1. The zero-order valence-corrected chi connectivity index (χ0v) is 17.8. The van der Waals surface area contributed by atoms with Gasteiger partial charge in [-0.05, 0) is 25.0 Å². The number of nitrogens with one attached hydrogen (secondary N) is 1. The molecule has 1 aromatic rings. The Hall–Kier alpha value is -1.70. The van der Waals surface area contributed by atoms with Gasteiger partial charge in [-0.1, -0.05) is 56.5 Å². The van der Waals surface area contributed by atoms with Crippen molar-refractivity contribution >= 4 is 22.0 Å². The third-order valence-corrected chi connectivity index (χ3v) is 6.50. The molecule has 1 saturated heterocycles. The largest absolute Gasteiger partial charge is 0.353 e. The van der Waals surface area contributed by atoms with E-state index in [2.05, 4.69) is 12.2 Å². The highest BCUT2D eigenvalue weighted by Crippen LogP contribution is 2.11. The summed E-state index contributed by atoms with van der Waals surface area (Å²) < 4.78 is 26.5. The summed E-state index contributed by atoms with van der Waals surface area (Å²) in [7, 11) is -3.44. The summed E-state index contributed by atoms with van der Waals surface area (Å²) in [5.74, 6) is 0.0179. The van der Waals surface area contributed by atoms with Gasteiger partial charge >= 0.3 is 0 Å². The molecule has 0 spiro atoms. The molecule has 1 atom stereocenters. The van der Waals surface area contributed by atoms with Crippen LogP contribution in [0, 0.1) is 0 Å². The maximum atomic E-state index is 12.5. The SMILES string of the molecule is CCCCC[C@@H](C)NC(=O)CN1CCN(S(=O)(=O)/C=C/c2ccccc2)CC1. The van der Waals surface area contributed by atoms with Crippen LogP contribution in [0.25, 0.3) is 6.08 Å². The predicted molar refractivity (Wildman–Crippen MR) is 114 cm³/mol. The van der Waals surface area contributed by atoms with Gasteiger partial charge in [-0.3, -0.25) is 9.69 Å². The van der Waals surface area contributed by atoms with Crippen LogP contribution in [0.1, 0.15) is 45.1 Å². The summed E-state index contributed by atoms with van der Waals surface area (Å²) in [6.45, 7) is 6.47. The zero-order valence-electron chi connectivity index (χ0n) is 17.0. The topological polar surface area (TPSA) is 69.7 Å². The van der Waals surface area contributed by atoms with E-state index in [0.29, 0.717) is 32.7 Å². The third-order valence-electron chi connectivity index (χ3n) is 4.94. The van der Waals surface area contributed by atoms with E-state index in [0.717, 1.165) is 18.4 Å². The molecular formula is C21H33N3O3S. The van der Waals surface area contributed by atoms with Crippen LogP contribution in [0.15, 0.2) is 35.7 Å². The van der Waals surface area contributed by atoms with Crippen LogP contribution < -0.4 is 5.32 Å². The number of piperazine rings is 1. The summed E-state index contributed by atoms with van der Waals surface area (Å²) in [5.41, 5.74) is 0.856.